The summed E-state index contributed by atoms with van der Waals surface area (Å²) in [5.74, 6) is -1.69. The molecule has 0 saturated carbocycles. The molecular weight excluding hydrogens is 236 g/mol. The summed E-state index contributed by atoms with van der Waals surface area (Å²) >= 11 is 0. The largest absolute Gasteiger partial charge is 0.503 e. The van der Waals surface area contributed by atoms with Gasteiger partial charge in [0.15, 0.2) is 5.75 Å². The van der Waals surface area contributed by atoms with E-state index < -0.39 is 23.7 Å². The predicted octanol–water partition coefficient (Wildman–Crippen LogP) is 1.45. The zero-order valence-corrected chi connectivity index (χ0v) is 9.24. The lowest BCUT2D eigenvalue weighted by Gasteiger charge is -2.09. The summed E-state index contributed by atoms with van der Waals surface area (Å²) in [7, 11) is 2.35. The van der Waals surface area contributed by atoms with Gasteiger partial charge in [-0.25, -0.2) is 13.8 Å². The van der Waals surface area contributed by atoms with Crippen LogP contribution in [0.4, 0.5) is 8.78 Å². The number of methoxy groups -OCH3 is 2. The highest BCUT2D eigenvalue weighted by Crippen LogP contribution is 2.35. The second-order valence-electron chi connectivity index (χ2n) is 3.11. The molecule has 94 valence electrons. The molecule has 0 aliphatic rings. The lowest BCUT2D eigenvalue weighted by Crippen LogP contribution is -2.07. The van der Waals surface area contributed by atoms with Gasteiger partial charge in [0.1, 0.15) is 0 Å². The minimum absolute atomic E-state index is 0.0433. The van der Waals surface area contributed by atoms with Gasteiger partial charge in [-0.3, -0.25) is 4.79 Å². The van der Waals surface area contributed by atoms with E-state index >= 15 is 0 Å². The minimum atomic E-state index is -2.89. The van der Waals surface area contributed by atoms with Crippen molar-refractivity contribution in [1.82, 2.24) is 4.98 Å². The van der Waals surface area contributed by atoms with E-state index in [0.29, 0.717) is 0 Å². The SMILES string of the molecule is COC(=O)Cc1cc(C(F)F)c(O)c(OC)n1. The summed E-state index contributed by atoms with van der Waals surface area (Å²) in [6.07, 6.45) is -3.16. The van der Waals surface area contributed by atoms with Gasteiger partial charge in [0.2, 0.25) is 0 Å². The molecule has 0 radical (unpaired) electrons. The number of pyridine rings is 1. The molecule has 1 aromatic heterocycles. The summed E-state index contributed by atoms with van der Waals surface area (Å²) in [4.78, 5) is 14.7. The Labute approximate surface area is 96.0 Å². The van der Waals surface area contributed by atoms with Crippen molar-refractivity contribution in [1.29, 1.82) is 0 Å². The number of ether oxygens (including phenoxy) is 2. The summed E-state index contributed by atoms with van der Waals surface area (Å²) in [6, 6.07) is 0.944. The van der Waals surface area contributed by atoms with Gasteiger partial charge in [-0.05, 0) is 6.07 Å². The number of hydrogen-bond acceptors (Lipinski definition) is 5. The minimum Gasteiger partial charge on any atom is -0.503 e. The van der Waals surface area contributed by atoms with Crippen molar-refractivity contribution in [3.63, 3.8) is 0 Å². The molecule has 1 rings (SSSR count). The van der Waals surface area contributed by atoms with Gasteiger partial charge in [0, 0.05) is 0 Å². The summed E-state index contributed by atoms with van der Waals surface area (Å²) in [5, 5.41) is 9.39. The van der Waals surface area contributed by atoms with E-state index in [1.165, 1.54) is 14.2 Å². The predicted molar refractivity (Wildman–Crippen MR) is 53.1 cm³/mol. The Morgan fingerprint density at radius 2 is 2.18 bits per heavy atom. The molecule has 0 amide bonds. The van der Waals surface area contributed by atoms with Crippen molar-refractivity contribution in [2.75, 3.05) is 14.2 Å². The number of carbonyl (C=O) groups is 1. The molecule has 0 saturated heterocycles. The number of hydrogen-bond donors (Lipinski definition) is 1. The van der Waals surface area contributed by atoms with Crippen LogP contribution >= 0.6 is 0 Å². The molecule has 0 aromatic carbocycles. The first-order valence-electron chi connectivity index (χ1n) is 4.61. The zero-order valence-electron chi connectivity index (χ0n) is 9.24. The summed E-state index contributed by atoms with van der Waals surface area (Å²) in [6.45, 7) is 0. The number of aromatic hydroxyl groups is 1. The van der Waals surface area contributed by atoms with Gasteiger partial charge in [0.05, 0.1) is 31.9 Å². The van der Waals surface area contributed by atoms with Crippen LogP contribution in [0.2, 0.25) is 0 Å². The third kappa shape index (κ3) is 3.02. The maximum Gasteiger partial charge on any atom is 0.311 e. The van der Waals surface area contributed by atoms with Gasteiger partial charge in [-0.2, -0.15) is 0 Å². The van der Waals surface area contributed by atoms with Crippen molar-refractivity contribution < 1.29 is 28.2 Å². The van der Waals surface area contributed by atoms with Crippen LogP contribution in [0.3, 0.4) is 0 Å². The van der Waals surface area contributed by atoms with Crippen LogP contribution in [0, 0.1) is 0 Å². The number of esters is 1. The molecule has 5 nitrogen and oxygen atoms in total. The normalized spacial score (nSPS) is 10.4. The lowest BCUT2D eigenvalue weighted by atomic mass is 10.2. The van der Waals surface area contributed by atoms with Gasteiger partial charge in [-0.15, -0.1) is 0 Å². The second kappa shape index (κ2) is 5.42. The topological polar surface area (TPSA) is 68.7 Å². The van der Waals surface area contributed by atoms with E-state index in [1.807, 2.05) is 0 Å². The smallest absolute Gasteiger partial charge is 0.311 e. The monoisotopic (exact) mass is 247 g/mol. The Kier molecular flexibility index (Phi) is 4.19. The fourth-order valence-corrected chi connectivity index (χ4v) is 1.21. The highest BCUT2D eigenvalue weighted by atomic mass is 19.3. The maximum absolute atomic E-state index is 12.6. The van der Waals surface area contributed by atoms with E-state index in [2.05, 4.69) is 14.5 Å². The van der Waals surface area contributed by atoms with Crippen LogP contribution in [0.5, 0.6) is 11.6 Å². The first-order valence-corrected chi connectivity index (χ1v) is 4.61. The van der Waals surface area contributed by atoms with Crippen molar-refractivity contribution in [2.45, 2.75) is 12.8 Å². The van der Waals surface area contributed by atoms with Crippen molar-refractivity contribution >= 4 is 5.97 Å². The number of aromatic nitrogens is 1. The molecule has 0 spiro atoms. The quantitative estimate of drug-likeness (QED) is 0.815. The Bertz CT molecular complexity index is 423. The maximum atomic E-state index is 12.6. The fraction of sp³-hybridized carbons (Fsp3) is 0.400. The van der Waals surface area contributed by atoms with E-state index in [0.717, 1.165) is 6.07 Å². The number of halogens is 2. The molecular formula is C10H11F2NO4. The molecule has 7 heteroatoms. The van der Waals surface area contributed by atoms with Crippen LogP contribution in [-0.4, -0.2) is 30.3 Å². The Morgan fingerprint density at radius 3 is 2.65 bits per heavy atom. The molecule has 1 N–H and O–H groups in total. The molecule has 0 aliphatic heterocycles. The average Bonchev–Trinajstić information content (AvgIpc) is 2.30. The molecule has 17 heavy (non-hydrogen) atoms. The van der Waals surface area contributed by atoms with Gasteiger partial charge in [0.25, 0.3) is 12.3 Å². The second-order valence-corrected chi connectivity index (χ2v) is 3.11. The Hall–Kier alpha value is -1.92. The third-order valence-electron chi connectivity index (χ3n) is 2.02. The fourth-order valence-electron chi connectivity index (χ4n) is 1.21. The summed E-state index contributed by atoms with van der Waals surface area (Å²) < 4.78 is 34.2. The Morgan fingerprint density at radius 1 is 1.53 bits per heavy atom. The first kappa shape index (κ1) is 13.1. The first-order chi connectivity index (χ1) is 7.99. The molecule has 1 aromatic rings. The number of alkyl halides is 2. The van der Waals surface area contributed by atoms with Crippen molar-refractivity contribution in [2.24, 2.45) is 0 Å². The molecule has 1 heterocycles. The van der Waals surface area contributed by atoms with Crippen LogP contribution in [0.15, 0.2) is 6.07 Å². The summed E-state index contributed by atoms with van der Waals surface area (Å²) in [5.41, 5.74) is -0.586. The molecule has 0 atom stereocenters. The highest BCUT2D eigenvalue weighted by Gasteiger charge is 2.20. The van der Waals surface area contributed by atoms with E-state index in [-0.39, 0.29) is 18.0 Å². The van der Waals surface area contributed by atoms with Crippen LogP contribution in [0.25, 0.3) is 0 Å². The molecule has 0 fully saturated rings. The van der Waals surface area contributed by atoms with Crippen LogP contribution in [0.1, 0.15) is 17.7 Å². The van der Waals surface area contributed by atoms with Crippen LogP contribution in [-0.2, 0) is 16.0 Å². The van der Waals surface area contributed by atoms with Crippen molar-refractivity contribution in [3.05, 3.63) is 17.3 Å². The van der Waals surface area contributed by atoms with E-state index in [1.54, 1.807) is 0 Å². The standard InChI is InChI=1S/C10H11F2NO4/c1-16-7(14)4-5-3-6(9(11)12)8(15)10(13-5)17-2/h3,9,15H,4H2,1-2H3. The van der Waals surface area contributed by atoms with Gasteiger partial charge in [-0.1, -0.05) is 0 Å². The van der Waals surface area contributed by atoms with E-state index in [9.17, 15) is 18.7 Å². The highest BCUT2D eigenvalue weighted by molar-refractivity contribution is 5.72. The molecule has 0 bridgehead atoms. The Balaban J connectivity index is 3.15. The van der Waals surface area contributed by atoms with E-state index in [4.69, 9.17) is 0 Å². The van der Waals surface area contributed by atoms with Crippen molar-refractivity contribution in [3.8, 4) is 11.6 Å². The van der Waals surface area contributed by atoms with Crippen LogP contribution < -0.4 is 4.74 Å². The third-order valence-corrected chi connectivity index (χ3v) is 2.02. The zero-order chi connectivity index (χ0) is 13.0. The van der Waals surface area contributed by atoms with Gasteiger partial charge >= 0.3 is 5.97 Å². The number of nitrogens with zero attached hydrogens (tertiary/aromatic N) is 1. The molecule has 0 aliphatic carbocycles. The lowest BCUT2D eigenvalue weighted by molar-refractivity contribution is -0.139. The average molecular weight is 247 g/mol. The number of carbonyl (C=O) groups excluding carboxylic acids is 1. The molecule has 0 unspecified atom stereocenters. The number of rotatable bonds is 4. The van der Waals surface area contributed by atoms with Gasteiger partial charge < -0.3 is 14.6 Å².